The molecule has 0 fully saturated rings. The zero-order valence-electron chi connectivity index (χ0n) is 5.19. The van der Waals surface area contributed by atoms with Crippen molar-refractivity contribution in [2.45, 2.75) is 6.92 Å². The quantitative estimate of drug-likeness (QED) is 0.517. The molecular formula is C8H7Cl. The Balaban J connectivity index is 3.17. The van der Waals surface area contributed by atoms with Crippen molar-refractivity contribution in [3.05, 3.63) is 41.3 Å². The summed E-state index contributed by atoms with van der Waals surface area (Å²) in [5, 5.41) is 0.768. The minimum Gasteiger partial charge on any atom is -0.0841 e. The van der Waals surface area contributed by atoms with E-state index in [4.69, 9.17) is 18.5 Å². The van der Waals surface area contributed by atoms with Crippen LogP contribution < -0.4 is 0 Å². The van der Waals surface area contributed by atoms with Crippen LogP contribution in [0, 0.1) is 13.8 Å². The summed E-state index contributed by atoms with van der Waals surface area (Å²) in [5.74, 6) is 0. The lowest BCUT2D eigenvalue weighted by Gasteiger charge is -1.96. The lowest BCUT2D eigenvalue weighted by molar-refractivity contribution is 1.44. The first-order valence-electron chi connectivity index (χ1n) is 2.72. The van der Waals surface area contributed by atoms with E-state index in [0.717, 1.165) is 16.1 Å². The molecule has 2 radical (unpaired) electrons. The first-order chi connectivity index (χ1) is 4.20. The Hall–Kier alpha value is -0.490. The number of halogens is 1. The van der Waals surface area contributed by atoms with Gasteiger partial charge in [0, 0.05) is 5.02 Å². The maximum atomic E-state index is 5.73. The van der Waals surface area contributed by atoms with Crippen LogP contribution in [0.1, 0.15) is 11.1 Å². The van der Waals surface area contributed by atoms with Crippen LogP contribution in [0.4, 0.5) is 0 Å². The summed E-state index contributed by atoms with van der Waals surface area (Å²) in [5.41, 5.74) is 1.79. The Labute approximate surface area is 60.5 Å². The molecule has 0 saturated heterocycles. The number of benzene rings is 1. The second-order valence-corrected chi connectivity index (χ2v) is 2.42. The van der Waals surface area contributed by atoms with E-state index < -0.39 is 0 Å². The first-order valence-corrected chi connectivity index (χ1v) is 3.09. The molecule has 0 bridgehead atoms. The van der Waals surface area contributed by atoms with Gasteiger partial charge >= 0.3 is 0 Å². The van der Waals surface area contributed by atoms with Crippen LogP contribution in [0.5, 0.6) is 0 Å². The van der Waals surface area contributed by atoms with Gasteiger partial charge < -0.3 is 0 Å². The van der Waals surface area contributed by atoms with Gasteiger partial charge in [-0.2, -0.15) is 0 Å². The molecule has 0 nitrogen and oxygen atoms in total. The largest absolute Gasteiger partial charge is 0.0841 e. The van der Waals surface area contributed by atoms with Gasteiger partial charge in [0.25, 0.3) is 0 Å². The van der Waals surface area contributed by atoms with Crippen molar-refractivity contribution in [3.8, 4) is 0 Å². The SMILES string of the molecule is [CH]c1ccc(Cl)c(C)c1. The average Bonchev–Trinajstić information content (AvgIpc) is 1.80. The Kier molecular flexibility index (Phi) is 1.77. The van der Waals surface area contributed by atoms with E-state index in [1.54, 1.807) is 12.1 Å². The van der Waals surface area contributed by atoms with Crippen LogP contribution >= 0.6 is 11.6 Å². The van der Waals surface area contributed by atoms with E-state index in [2.05, 4.69) is 0 Å². The number of hydrogen-bond acceptors (Lipinski definition) is 0. The average molecular weight is 139 g/mol. The molecule has 0 saturated carbocycles. The van der Waals surface area contributed by atoms with E-state index in [1.807, 2.05) is 13.0 Å². The van der Waals surface area contributed by atoms with Gasteiger partial charge in [0.05, 0.1) is 0 Å². The van der Waals surface area contributed by atoms with Crippen LogP contribution in [0.3, 0.4) is 0 Å². The molecule has 1 aromatic rings. The van der Waals surface area contributed by atoms with Gasteiger partial charge in [0.2, 0.25) is 0 Å². The third-order valence-corrected chi connectivity index (χ3v) is 1.61. The monoisotopic (exact) mass is 138 g/mol. The highest BCUT2D eigenvalue weighted by Crippen LogP contribution is 2.14. The predicted molar refractivity (Wildman–Crippen MR) is 39.6 cm³/mol. The highest BCUT2D eigenvalue weighted by Gasteiger charge is 1.91. The van der Waals surface area contributed by atoms with E-state index in [9.17, 15) is 0 Å². The van der Waals surface area contributed by atoms with Gasteiger partial charge in [-0.3, -0.25) is 0 Å². The molecule has 0 atom stereocenters. The van der Waals surface area contributed by atoms with Crippen molar-refractivity contribution >= 4 is 11.6 Å². The van der Waals surface area contributed by atoms with Gasteiger partial charge in [-0.25, -0.2) is 0 Å². The van der Waals surface area contributed by atoms with Gasteiger partial charge in [0.1, 0.15) is 0 Å². The maximum Gasteiger partial charge on any atom is 0.0435 e. The van der Waals surface area contributed by atoms with Gasteiger partial charge in [-0.15, -0.1) is 0 Å². The fourth-order valence-electron chi connectivity index (χ4n) is 0.668. The lowest BCUT2D eigenvalue weighted by Crippen LogP contribution is -1.75. The summed E-state index contributed by atoms with van der Waals surface area (Å²) >= 11 is 5.73. The van der Waals surface area contributed by atoms with Crippen LogP contribution in [-0.4, -0.2) is 0 Å². The zero-order valence-corrected chi connectivity index (χ0v) is 5.94. The molecule has 1 heteroatoms. The van der Waals surface area contributed by atoms with Crippen molar-refractivity contribution < 1.29 is 0 Å². The molecule has 0 heterocycles. The van der Waals surface area contributed by atoms with Crippen molar-refractivity contribution in [2.24, 2.45) is 0 Å². The van der Waals surface area contributed by atoms with E-state index in [1.165, 1.54) is 0 Å². The highest BCUT2D eigenvalue weighted by atomic mass is 35.5. The summed E-state index contributed by atoms with van der Waals surface area (Å²) < 4.78 is 0. The van der Waals surface area contributed by atoms with Crippen molar-refractivity contribution in [3.63, 3.8) is 0 Å². The summed E-state index contributed by atoms with van der Waals surface area (Å²) in [7, 11) is 0. The molecule has 1 aromatic carbocycles. The lowest BCUT2D eigenvalue weighted by atomic mass is 10.2. The Morgan fingerprint density at radius 1 is 1.44 bits per heavy atom. The van der Waals surface area contributed by atoms with Crippen molar-refractivity contribution in [2.75, 3.05) is 0 Å². The molecule has 0 N–H and O–H groups in total. The molecule has 0 aromatic heterocycles. The van der Waals surface area contributed by atoms with Crippen LogP contribution in [-0.2, 0) is 0 Å². The molecule has 0 aliphatic rings. The summed E-state index contributed by atoms with van der Waals surface area (Å²) in [6.45, 7) is 7.40. The summed E-state index contributed by atoms with van der Waals surface area (Å²) in [6.07, 6.45) is 0. The third-order valence-electron chi connectivity index (χ3n) is 1.18. The van der Waals surface area contributed by atoms with Gasteiger partial charge in [0.15, 0.2) is 0 Å². The third kappa shape index (κ3) is 1.46. The number of aryl methyl sites for hydroxylation is 1. The molecule has 0 amide bonds. The fraction of sp³-hybridized carbons (Fsp3) is 0.125. The van der Waals surface area contributed by atoms with Crippen LogP contribution in [0.2, 0.25) is 5.02 Å². The molecule has 46 valence electrons. The smallest absolute Gasteiger partial charge is 0.0435 e. The zero-order chi connectivity index (χ0) is 6.85. The second-order valence-electron chi connectivity index (χ2n) is 2.01. The predicted octanol–water partition coefficient (Wildman–Crippen LogP) is 2.71. The minimum atomic E-state index is 0.761. The first kappa shape index (κ1) is 6.63. The van der Waals surface area contributed by atoms with E-state index >= 15 is 0 Å². The van der Waals surface area contributed by atoms with Gasteiger partial charge in [-0.05, 0) is 31.0 Å². The van der Waals surface area contributed by atoms with Gasteiger partial charge in [-0.1, -0.05) is 23.7 Å². The molecule has 0 aliphatic heterocycles. The van der Waals surface area contributed by atoms with E-state index in [0.29, 0.717) is 0 Å². The fourth-order valence-corrected chi connectivity index (χ4v) is 0.785. The topological polar surface area (TPSA) is 0 Å². The van der Waals surface area contributed by atoms with E-state index in [-0.39, 0.29) is 0 Å². The van der Waals surface area contributed by atoms with Crippen molar-refractivity contribution in [1.82, 2.24) is 0 Å². The molecular weight excluding hydrogens is 132 g/mol. The van der Waals surface area contributed by atoms with Crippen LogP contribution in [0.25, 0.3) is 0 Å². The second kappa shape index (κ2) is 2.40. The Morgan fingerprint density at radius 2 is 2.11 bits per heavy atom. The Morgan fingerprint density at radius 3 is 2.56 bits per heavy atom. The molecule has 0 spiro atoms. The highest BCUT2D eigenvalue weighted by molar-refractivity contribution is 6.31. The molecule has 9 heavy (non-hydrogen) atoms. The maximum absolute atomic E-state index is 5.73. The number of hydrogen-bond donors (Lipinski definition) is 0. The minimum absolute atomic E-state index is 0.761. The standard InChI is InChI=1S/C8H7Cl/c1-6-3-4-8(9)7(2)5-6/h1,3-5H,2H3. The van der Waals surface area contributed by atoms with Crippen LogP contribution in [0.15, 0.2) is 18.2 Å². The Bertz CT molecular complexity index is 216. The summed E-state index contributed by atoms with van der Waals surface area (Å²) in [6, 6.07) is 5.43. The van der Waals surface area contributed by atoms with Crippen molar-refractivity contribution in [1.29, 1.82) is 0 Å². The molecule has 1 rings (SSSR count). The summed E-state index contributed by atoms with van der Waals surface area (Å²) in [4.78, 5) is 0. The molecule has 0 aliphatic carbocycles. The normalized spacial score (nSPS) is 9.67. The number of rotatable bonds is 0. The molecule has 0 unspecified atom stereocenters.